The van der Waals surface area contributed by atoms with Gasteiger partial charge < -0.3 is 14.9 Å². The number of halogens is 1. The zero-order valence-corrected chi connectivity index (χ0v) is 11.3. The summed E-state index contributed by atoms with van der Waals surface area (Å²) in [6.07, 6.45) is 0. The van der Waals surface area contributed by atoms with Crippen LogP contribution >= 0.6 is 15.9 Å². The first kappa shape index (κ1) is 14.4. The van der Waals surface area contributed by atoms with Gasteiger partial charge in [0.2, 0.25) is 0 Å². The minimum atomic E-state index is 0.0941. The first-order valence-corrected chi connectivity index (χ1v) is 6.38. The summed E-state index contributed by atoms with van der Waals surface area (Å²) >= 11 is 3.38. The fourth-order valence-electron chi connectivity index (χ4n) is 1.47. The summed E-state index contributed by atoms with van der Waals surface area (Å²) in [6, 6.07) is 7.66. The van der Waals surface area contributed by atoms with E-state index in [1.165, 1.54) is 0 Å². The van der Waals surface area contributed by atoms with Gasteiger partial charge in [0.1, 0.15) is 12.4 Å². The molecule has 1 aromatic rings. The Bertz CT molecular complexity index is 316. The van der Waals surface area contributed by atoms with E-state index in [4.69, 9.17) is 14.9 Å². The maximum absolute atomic E-state index is 8.85. The van der Waals surface area contributed by atoms with Gasteiger partial charge >= 0.3 is 0 Å². The van der Waals surface area contributed by atoms with Gasteiger partial charge in [-0.1, -0.05) is 22.0 Å². The van der Waals surface area contributed by atoms with Gasteiger partial charge in [-0.15, -0.1) is 0 Å². The van der Waals surface area contributed by atoms with Gasteiger partial charge in [0, 0.05) is 24.1 Å². The Balaban J connectivity index is 2.30. The molecule has 0 saturated heterocycles. The van der Waals surface area contributed by atoms with Crippen molar-refractivity contribution >= 4 is 15.9 Å². The third kappa shape index (κ3) is 6.02. The predicted octanol–water partition coefficient (Wildman–Crippen LogP) is 1.11. The molecule has 96 valence electrons. The second kappa shape index (κ2) is 8.47. The maximum atomic E-state index is 8.85. The van der Waals surface area contributed by atoms with E-state index in [-0.39, 0.29) is 13.2 Å². The molecule has 0 spiro atoms. The van der Waals surface area contributed by atoms with Crippen molar-refractivity contribution in [3.05, 3.63) is 28.7 Å². The molecule has 0 atom stereocenters. The molecule has 0 aliphatic heterocycles. The molecule has 0 aliphatic rings. The summed E-state index contributed by atoms with van der Waals surface area (Å²) in [5.74, 6) is 0.812. The Labute approximate surface area is 110 Å². The normalized spacial score (nSPS) is 10.8. The lowest BCUT2D eigenvalue weighted by molar-refractivity contribution is 0.141. The molecule has 0 unspecified atom stereocenters. The summed E-state index contributed by atoms with van der Waals surface area (Å²) in [7, 11) is 0. The van der Waals surface area contributed by atoms with Crippen LogP contribution in [0, 0.1) is 0 Å². The minimum Gasteiger partial charge on any atom is -0.492 e. The van der Waals surface area contributed by atoms with E-state index in [1.54, 1.807) is 0 Å². The van der Waals surface area contributed by atoms with Crippen LogP contribution < -0.4 is 4.74 Å². The molecule has 0 amide bonds. The summed E-state index contributed by atoms with van der Waals surface area (Å²) in [4.78, 5) is 1.96. The molecular weight excluding hydrogens is 286 g/mol. The molecule has 0 aliphatic carbocycles. The van der Waals surface area contributed by atoms with Crippen LogP contribution in [0.5, 0.6) is 5.75 Å². The molecule has 0 radical (unpaired) electrons. The highest BCUT2D eigenvalue weighted by Crippen LogP contribution is 2.17. The topological polar surface area (TPSA) is 52.9 Å². The van der Waals surface area contributed by atoms with Crippen LogP contribution in [0.15, 0.2) is 28.7 Å². The third-order valence-electron chi connectivity index (χ3n) is 2.30. The molecular formula is C12H18BrNO3. The average Bonchev–Trinajstić information content (AvgIpc) is 2.30. The fourth-order valence-corrected chi connectivity index (χ4v) is 1.85. The summed E-state index contributed by atoms with van der Waals surface area (Å²) in [6.45, 7) is 2.53. The smallest absolute Gasteiger partial charge is 0.120 e. The third-order valence-corrected chi connectivity index (χ3v) is 2.80. The number of aliphatic hydroxyl groups excluding tert-OH is 2. The molecule has 4 nitrogen and oxygen atoms in total. The molecule has 2 N–H and O–H groups in total. The predicted molar refractivity (Wildman–Crippen MR) is 70.2 cm³/mol. The van der Waals surface area contributed by atoms with E-state index in [0.29, 0.717) is 26.2 Å². The van der Waals surface area contributed by atoms with Gasteiger partial charge in [-0.2, -0.15) is 0 Å². The Morgan fingerprint density at radius 2 is 1.82 bits per heavy atom. The van der Waals surface area contributed by atoms with Crippen molar-refractivity contribution in [2.75, 3.05) is 39.5 Å². The Kier molecular flexibility index (Phi) is 7.19. The molecule has 0 fully saturated rings. The number of rotatable bonds is 8. The van der Waals surface area contributed by atoms with Gasteiger partial charge in [-0.25, -0.2) is 0 Å². The first-order valence-electron chi connectivity index (χ1n) is 5.58. The summed E-state index contributed by atoms with van der Waals surface area (Å²) in [5, 5.41) is 17.7. The molecule has 1 rings (SSSR count). The first-order chi connectivity index (χ1) is 8.26. The monoisotopic (exact) mass is 303 g/mol. The number of nitrogens with zero attached hydrogens (tertiary/aromatic N) is 1. The number of benzene rings is 1. The van der Waals surface area contributed by atoms with Crippen LogP contribution in [0.1, 0.15) is 0 Å². The van der Waals surface area contributed by atoms with Crippen molar-refractivity contribution in [2.45, 2.75) is 0 Å². The zero-order valence-electron chi connectivity index (χ0n) is 9.68. The van der Waals surface area contributed by atoms with E-state index in [1.807, 2.05) is 29.2 Å². The average molecular weight is 304 g/mol. The number of aliphatic hydroxyl groups is 2. The van der Waals surface area contributed by atoms with Crippen LogP contribution in [-0.2, 0) is 0 Å². The summed E-state index contributed by atoms with van der Waals surface area (Å²) in [5.41, 5.74) is 0. The van der Waals surface area contributed by atoms with Crippen LogP contribution in [0.3, 0.4) is 0 Å². The van der Waals surface area contributed by atoms with Crippen molar-refractivity contribution in [1.29, 1.82) is 0 Å². The lowest BCUT2D eigenvalue weighted by atomic mass is 10.3. The molecule has 17 heavy (non-hydrogen) atoms. The van der Waals surface area contributed by atoms with Crippen LogP contribution in [0.25, 0.3) is 0 Å². The lowest BCUT2D eigenvalue weighted by Gasteiger charge is -2.20. The second-order valence-corrected chi connectivity index (χ2v) is 4.51. The van der Waals surface area contributed by atoms with Crippen molar-refractivity contribution < 1.29 is 14.9 Å². The van der Waals surface area contributed by atoms with Gasteiger partial charge in [0.15, 0.2) is 0 Å². The van der Waals surface area contributed by atoms with Crippen molar-refractivity contribution in [3.8, 4) is 5.75 Å². The molecule has 1 aromatic carbocycles. The van der Waals surface area contributed by atoms with E-state index >= 15 is 0 Å². The molecule has 0 saturated carbocycles. The summed E-state index contributed by atoms with van der Waals surface area (Å²) < 4.78 is 6.56. The van der Waals surface area contributed by atoms with Gasteiger partial charge in [-0.3, -0.25) is 4.90 Å². The van der Waals surface area contributed by atoms with Gasteiger partial charge in [0.25, 0.3) is 0 Å². The molecule has 5 heteroatoms. The van der Waals surface area contributed by atoms with Gasteiger partial charge in [-0.05, 0) is 18.2 Å². The largest absolute Gasteiger partial charge is 0.492 e. The van der Waals surface area contributed by atoms with Gasteiger partial charge in [0.05, 0.1) is 13.2 Å². The minimum absolute atomic E-state index is 0.0941. The Morgan fingerprint density at radius 3 is 2.41 bits per heavy atom. The highest BCUT2D eigenvalue weighted by molar-refractivity contribution is 9.10. The quantitative estimate of drug-likeness (QED) is 0.755. The maximum Gasteiger partial charge on any atom is 0.120 e. The van der Waals surface area contributed by atoms with Crippen LogP contribution in [0.4, 0.5) is 0 Å². The van der Waals surface area contributed by atoms with Crippen molar-refractivity contribution in [1.82, 2.24) is 4.90 Å². The second-order valence-electron chi connectivity index (χ2n) is 3.59. The SMILES string of the molecule is OCCN(CCO)CCOc1cccc(Br)c1. The number of hydrogen-bond acceptors (Lipinski definition) is 4. The molecule has 0 heterocycles. The Hall–Kier alpha value is -0.620. The van der Waals surface area contributed by atoms with E-state index in [0.717, 1.165) is 10.2 Å². The van der Waals surface area contributed by atoms with E-state index < -0.39 is 0 Å². The number of hydrogen-bond donors (Lipinski definition) is 2. The van der Waals surface area contributed by atoms with Crippen molar-refractivity contribution in [3.63, 3.8) is 0 Å². The highest BCUT2D eigenvalue weighted by atomic mass is 79.9. The molecule has 0 bridgehead atoms. The van der Waals surface area contributed by atoms with Crippen LogP contribution in [0.2, 0.25) is 0 Å². The zero-order chi connectivity index (χ0) is 12.5. The van der Waals surface area contributed by atoms with Crippen LogP contribution in [-0.4, -0.2) is 54.6 Å². The van der Waals surface area contributed by atoms with E-state index in [9.17, 15) is 0 Å². The number of ether oxygens (including phenoxy) is 1. The standard InChI is InChI=1S/C12H18BrNO3/c13-11-2-1-3-12(10-11)17-9-6-14(4-7-15)5-8-16/h1-3,10,15-16H,4-9H2. The highest BCUT2D eigenvalue weighted by Gasteiger charge is 2.03. The molecule has 0 aromatic heterocycles. The van der Waals surface area contributed by atoms with Crippen molar-refractivity contribution in [2.24, 2.45) is 0 Å². The lowest BCUT2D eigenvalue weighted by Crippen LogP contribution is -2.33. The van der Waals surface area contributed by atoms with E-state index in [2.05, 4.69) is 15.9 Å². The fraction of sp³-hybridized carbons (Fsp3) is 0.500. The Morgan fingerprint density at radius 1 is 1.12 bits per heavy atom.